The van der Waals surface area contributed by atoms with Gasteiger partial charge in [-0.2, -0.15) is 5.10 Å². The van der Waals surface area contributed by atoms with Crippen LogP contribution in [0.3, 0.4) is 0 Å². The number of aromatic nitrogens is 4. The van der Waals surface area contributed by atoms with Crippen LogP contribution in [0.25, 0.3) is 16.8 Å². The molecule has 0 bridgehead atoms. The Hall–Kier alpha value is -5.20. The van der Waals surface area contributed by atoms with Crippen LogP contribution in [0.2, 0.25) is 0 Å². The number of hydrogen-bond acceptors (Lipinski definition) is 8. The SMILES string of the molecule is Cc1cc(C)n2nc(C(=O)NC3CCC(NC(=O)c4cc(F)cnc4Nc4cccc(-c5ccc(CN6CCC(N7CCCCC7)CC6)cc5)c4)CC3)cc2n1. The molecule has 0 radical (unpaired) electrons. The number of piperidine rings is 2. The first-order valence-corrected chi connectivity index (χ1v) is 20.3. The normalized spacial score (nSPS) is 19.8. The molecule has 0 spiro atoms. The standard InChI is InChI=1S/C44H52FN9O2/c1-29-23-30(2)54-41(47-29)26-40(51-54)44(56)50-36-15-13-35(14-16-36)49-43(55)39-25-34(45)27-46-42(39)48-37-8-6-7-33(24-37)32-11-9-31(10-12-32)28-52-21-17-38(18-22-52)53-19-4-3-5-20-53/h6-12,23-27,35-36,38H,3-5,13-22,28H2,1-2H3,(H,46,48)(H,49,55)(H,50,56). The Bertz CT molecular complexity index is 2170. The second-order valence-corrected chi connectivity index (χ2v) is 15.9. The number of pyridine rings is 1. The van der Waals surface area contributed by atoms with Crippen molar-refractivity contribution >= 4 is 29.0 Å². The maximum Gasteiger partial charge on any atom is 0.272 e. The third-order valence-corrected chi connectivity index (χ3v) is 11.7. The summed E-state index contributed by atoms with van der Waals surface area (Å²) in [7, 11) is 0. The Labute approximate surface area is 328 Å². The Morgan fingerprint density at radius 3 is 2.23 bits per heavy atom. The van der Waals surface area contributed by atoms with Crippen LogP contribution in [-0.2, 0) is 6.54 Å². The highest BCUT2D eigenvalue weighted by atomic mass is 19.1. The van der Waals surface area contributed by atoms with Gasteiger partial charge in [-0.25, -0.2) is 18.9 Å². The first kappa shape index (κ1) is 37.7. The largest absolute Gasteiger partial charge is 0.349 e. The first-order valence-electron chi connectivity index (χ1n) is 20.3. The van der Waals surface area contributed by atoms with Crippen LogP contribution >= 0.6 is 0 Å². The molecule has 3 aliphatic rings. The van der Waals surface area contributed by atoms with Gasteiger partial charge < -0.3 is 20.9 Å². The zero-order valence-corrected chi connectivity index (χ0v) is 32.4. The fourth-order valence-corrected chi connectivity index (χ4v) is 8.71. The molecular formula is C44H52FN9O2. The molecule has 2 aromatic carbocycles. The van der Waals surface area contributed by atoms with E-state index in [9.17, 15) is 14.0 Å². The fraction of sp³-hybridized carbons (Fsp3) is 0.432. The number of carbonyl (C=O) groups is 2. The van der Waals surface area contributed by atoms with E-state index in [2.05, 4.69) is 71.1 Å². The van der Waals surface area contributed by atoms with Crippen molar-refractivity contribution in [3.05, 3.63) is 107 Å². The number of amides is 2. The molecule has 0 atom stereocenters. The van der Waals surface area contributed by atoms with Gasteiger partial charge in [-0.3, -0.25) is 14.5 Å². The van der Waals surface area contributed by atoms with Gasteiger partial charge in [-0.15, -0.1) is 0 Å². The topological polar surface area (TPSA) is 120 Å². The summed E-state index contributed by atoms with van der Waals surface area (Å²) in [6, 6.07) is 22.2. The Balaban J connectivity index is 0.842. The van der Waals surface area contributed by atoms with Crippen molar-refractivity contribution in [2.45, 2.75) is 96.3 Å². The average molecular weight is 758 g/mol. The van der Waals surface area contributed by atoms with Gasteiger partial charge in [0, 0.05) is 47.8 Å². The van der Waals surface area contributed by atoms with Crippen LogP contribution in [0.15, 0.2) is 72.9 Å². The number of fused-ring (bicyclic) bond motifs is 1. The fourth-order valence-electron chi connectivity index (χ4n) is 8.71. The molecule has 2 saturated heterocycles. The number of nitrogens with one attached hydrogen (secondary N) is 3. The van der Waals surface area contributed by atoms with E-state index in [0.29, 0.717) is 37.0 Å². The van der Waals surface area contributed by atoms with E-state index in [1.807, 2.05) is 38.1 Å². The summed E-state index contributed by atoms with van der Waals surface area (Å²) in [4.78, 5) is 40.7. The van der Waals surface area contributed by atoms with E-state index in [4.69, 9.17) is 0 Å². The third-order valence-electron chi connectivity index (χ3n) is 11.7. The summed E-state index contributed by atoms with van der Waals surface area (Å²) in [6.07, 6.45) is 10.5. The number of aryl methyl sites for hydroxylation is 2. The molecule has 12 heteroatoms. The van der Waals surface area contributed by atoms with E-state index in [1.165, 1.54) is 56.8 Å². The van der Waals surface area contributed by atoms with Crippen LogP contribution in [0.5, 0.6) is 0 Å². The zero-order valence-electron chi connectivity index (χ0n) is 32.4. The third kappa shape index (κ3) is 8.92. The number of likely N-dealkylation sites (tertiary alicyclic amines) is 2. The van der Waals surface area contributed by atoms with Crippen molar-refractivity contribution in [3.63, 3.8) is 0 Å². The maximum atomic E-state index is 14.5. The predicted octanol–water partition coefficient (Wildman–Crippen LogP) is 7.21. The van der Waals surface area contributed by atoms with Gasteiger partial charge in [0.05, 0.1) is 11.8 Å². The second kappa shape index (κ2) is 16.9. The highest BCUT2D eigenvalue weighted by Crippen LogP contribution is 2.28. The van der Waals surface area contributed by atoms with Crippen molar-refractivity contribution in [1.29, 1.82) is 0 Å². The molecule has 3 N–H and O–H groups in total. The van der Waals surface area contributed by atoms with Gasteiger partial charge in [0.15, 0.2) is 11.3 Å². The highest BCUT2D eigenvalue weighted by Gasteiger charge is 2.27. The Morgan fingerprint density at radius 2 is 1.50 bits per heavy atom. The van der Waals surface area contributed by atoms with Gasteiger partial charge in [0.1, 0.15) is 11.6 Å². The number of anilines is 2. The van der Waals surface area contributed by atoms with Gasteiger partial charge in [0.25, 0.3) is 11.8 Å². The van der Waals surface area contributed by atoms with Crippen LogP contribution in [0.4, 0.5) is 15.9 Å². The Kier molecular flexibility index (Phi) is 11.4. The average Bonchev–Trinajstić information content (AvgIpc) is 3.65. The summed E-state index contributed by atoms with van der Waals surface area (Å²) < 4.78 is 16.2. The summed E-state index contributed by atoms with van der Waals surface area (Å²) in [5.74, 6) is -0.928. The van der Waals surface area contributed by atoms with Crippen LogP contribution in [0, 0.1) is 19.7 Å². The minimum absolute atomic E-state index is 0.0419. The maximum absolute atomic E-state index is 14.5. The number of rotatable bonds is 10. The quantitative estimate of drug-likeness (QED) is 0.137. The summed E-state index contributed by atoms with van der Waals surface area (Å²) in [5.41, 5.74) is 7.08. The molecule has 3 aromatic heterocycles. The van der Waals surface area contributed by atoms with E-state index in [0.717, 1.165) is 60.1 Å². The van der Waals surface area contributed by atoms with E-state index in [1.54, 1.807) is 10.6 Å². The van der Waals surface area contributed by atoms with Crippen molar-refractivity contribution in [3.8, 4) is 11.1 Å². The molecule has 0 unspecified atom stereocenters. The monoisotopic (exact) mass is 757 g/mol. The number of hydrogen-bond donors (Lipinski definition) is 3. The lowest BCUT2D eigenvalue weighted by molar-refractivity contribution is 0.0889. The van der Waals surface area contributed by atoms with Crippen LogP contribution < -0.4 is 16.0 Å². The van der Waals surface area contributed by atoms with Crippen LogP contribution in [0.1, 0.15) is 95.6 Å². The summed E-state index contributed by atoms with van der Waals surface area (Å²) >= 11 is 0. The lowest BCUT2D eigenvalue weighted by atomic mass is 9.91. The molecule has 56 heavy (non-hydrogen) atoms. The minimum Gasteiger partial charge on any atom is -0.349 e. The van der Waals surface area contributed by atoms with E-state index in [-0.39, 0.29) is 29.4 Å². The minimum atomic E-state index is -0.583. The van der Waals surface area contributed by atoms with Crippen molar-refractivity contribution in [1.82, 2.24) is 40.0 Å². The molecule has 8 rings (SSSR count). The lowest BCUT2D eigenvalue weighted by Crippen LogP contribution is -2.46. The van der Waals surface area contributed by atoms with Crippen LogP contribution in [-0.4, -0.2) is 85.5 Å². The molecule has 2 amide bonds. The number of carbonyl (C=O) groups excluding carboxylic acids is 2. The van der Waals surface area contributed by atoms with Gasteiger partial charge in [-0.05, 0) is 132 Å². The molecule has 1 saturated carbocycles. The number of benzene rings is 2. The van der Waals surface area contributed by atoms with E-state index < -0.39 is 11.7 Å². The zero-order chi connectivity index (χ0) is 38.6. The smallest absolute Gasteiger partial charge is 0.272 e. The van der Waals surface area contributed by atoms with E-state index >= 15 is 0 Å². The second-order valence-electron chi connectivity index (χ2n) is 15.9. The van der Waals surface area contributed by atoms with Crippen molar-refractivity contribution in [2.75, 3.05) is 31.5 Å². The molecular weight excluding hydrogens is 706 g/mol. The van der Waals surface area contributed by atoms with Gasteiger partial charge in [0.2, 0.25) is 0 Å². The van der Waals surface area contributed by atoms with Crippen molar-refractivity contribution < 1.29 is 14.0 Å². The molecule has 5 aromatic rings. The van der Waals surface area contributed by atoms with Gasteiger partial charge >= 0.3 is 0 Å². The number of halogens is 1. The lowest BCUT2D eigenvalue weighted by Gasteiger charge is -2.40. The first-order chi connectivity index (χ1) is 27.2. The number of nitrogens with zero attached hydrogens (tertiary/aromatic N) is 6. The predicted molar refractivity (Wildman–Crippen MR) is 217 cm³/mol. The molecule has 1 aliphatic carbocycles. The van der Waals surface area contributed by atoms with Gasteiger partial charge in [-0.1, -0.05) is 42.8 Å². The molecule has 5 heterocycles. The molecule has 292 valence electrons. The molecule has 3 fully saturated rings. The Morgan fingerprint density at radius 1 is 0.786 bits per heavy atom. The highest BCUT2D eigenvalue weighted by molar-refractivity contribution is 5.99. The molecule has 11 nitrogen and oxygen atoms in total. The van der Waals surface area contributed by atoms with Crippen molar-refractivity contribution in [2.24, 2.45) is 0 Å². The molecule has 2 aliphatic heterocycles. The summed E-state index contributed by atoms with van der Waals surface area (Å²) in [6.45, 7) is 9.67. The summed E-state index contributed by atoms with van der Waals surface area (Å²) in [5, 5.41) is 13.9.